The molecule has 0 saturated heterocycles. The zero-order chi connectivity index (χ0) is 34.6. The second-order valence-electron chi connectivity index (χ2n) is 13.7. The van der Waals surface area contributed by atoms with E-state index in [-0.39, 0.29) is 0 Å². The Morgan fingerprint density at radius 3 is 1.98 bits per heavy atom. The number of fused-ring (bicyclic) bond motifs is 15. The molecule has 8 aromatic carbocycles. The van der Waals surface area contributed by atoms with Crippen molar-refractivity contribution in [3.8, 4) is 28.2 Å². The Morgan fingerprint density at radius 2 is 1.11 bits per heavy atom. The lowest BCUT2D eigenvalue weighted by atomic mass is 9.96. The fraction of sp³-hybridized carbons (Fsp3) is 0. The van der Waals surface area contributed by atoms with Crippen LogP contribution in [0.4, 0.5) is 0 Å². The number of hydrogen-bond acceptors (Lipinski definition) is 4. The van der Waals surface area contributed by atoms with Crippen molar-refractivity contribution in [3.05, 3.63) is 164 Å². The van der Waals surface area contributed by atoms with E-state index in [9.17, 15) is 0 Å². The standard InChI is InChI=1S/C48H27N3S2/c1-2-14-29(15-3-1)43-44(49-45-36-22-9-11-24-38(36)53-48(45)50-43)30-16-12-17-31(27-30)51-37-23-10-8-21-35(37)40-33-19-6-7-20-34(33)42-41-32-18-5-4-13-28(32)25-26-39(41)52-47(42)46(40)51/h1-27H. The van der Waals surface area contributed by atoms with Gasteiger partial charge < -0.3 is 4.57 Å². The van der Waals surface area contributed by atoms with Gasteiger partial charge in [-0.3, -0.25) is 0 Å². The van der Waals surface area contributed by atoms with E-state index in [2.05, 4.69) is 168 Å². The van der Waals surface area contributed by atoms with Gasteiger partial charge >= 0.3 is 0 Å². The summed E-state index contributed by atoms with van der Waals surface area (Å²) >= 11 is 3.61. The average Bonchev–Trinajstić information content (AvgIpc) is 3.91. The molecule has 0 saturated carbocycles. The quantitative estimate of drug-likeness (QED) is 0.183. The second-order valence-corrected chi connectivity index (χ2v) is 15.8. The predicted molar refractivity (Wildman–Crippen MR) is 228 cm³/mol. The number of aromatic nitrogens is 3. The minimum absolute atomic E-state index is 0.888. The third kappa shape index (κ3) is 4.15. The van der Waals surface area contributed by atoms with Crippen LogP contribution in [-0.4, -0.2) is 14.5 Å². The van der Waals surface area contributed by atoms with Crippen LogP contribution >= 0.6 is 22.7 Å². The first-order valence-corrected chi connectivity index (χ1v) is 19.5. The maximum Gasteiger partial charge on any atom is 0.143 e. The molecule has 0 aliphatic carbocycles. The molecule has 0 fully saturated rings. The smallest absolute Gasteiger partial charge is 0.143 e. The Morgan fingerprint density at radius 1 is 0.434 bits per heavy atom. The molecule has 0 bridgehead atoms. The zero-order valence-corrected chi connectivity index (χ0v) is 29.9. The predicted octanol–water partition coefficient (Wildman–Crippen LogP) is 13.9. The summed E-state index contributed by atoms with van der Waals surface area (Å²) in [5.74, 6) is 0. The van der Waals surface area contributed by atoms with E-state index in [4.69, 9.17) is 9.97 Å². The van der Waals surface area contributed by atoms with E-state index in [1.165, 1.54) is 68.2 Å². The van der Waals surface area contributed by atoms with Gasteiger partial charge in [-0.1, -0.05) is 133 Å². The molecule has 0 aliphatic heterocycles. The number of thiophene rings is 2. The lowest BCUT2D eigenvalue weighted by Crippen LogP contribution is -1.97. The number of benzene rings is 8. The van der Waals surface area contributed by atoms with E-state index < -0.39 is 0 Å². The van der Waals surface area contributed by atoms with E-state index in [0.717, 1.165) is 43.9 Å². The summed E-state index contributed by atoms with van der Waals surface area (Å²) < 4.78 is 6.31. The van der Waals surface area contributed by atoms with Gasteiger partial charge in [0.05, 0.1) is 27.1 Å². The van der Waals surface area contributed by atoms with Crippen molar-refractivity contribution >= 4 is 107 Å². The lowest BCUT2D eigenvalue weighted by Gasteiger charge is -2.13. The summed E-state index contributed by atoms with van der Waals surface area (Å²) in [7, 11) is 0. The van der Waals surface area contributed by atoms with E-state index >= 15 is 0 Å². The first-order valence-electron chi connectivity index (χ1n) is 17.8. The summed E-state index contributed by atoms with van der Waals surface area (Å²) in [5.41, 5.74) is 8.37. The molecular weight excluding hydrogens is 683 g/mol. The van der Waals surface area contributed by atoms with Gasteiger partial charge in [0.15, 0.2) is 0 Å². The Hall–Kier alpha value is -6.40. The molecule has 0 atom stereocenters. The molecule has 3 nitrogen and oxygen atoms in total. The first-order chi connectivity index (χ1) is 26.3. The highest BCUT2D eigenvalue weighted by molar-refractivity contribution is 7.27. The fourth-order valence-corrected chi connectivity index (χ4v) is 10.8. The van der Waals surface area contributed by atoms with Crippen molar-refractivity contribution in [2.75, 3.05) is 0 Å². The van der Waals surface area contributed by atoms with Gasteiger partial charge in [-0.25, -0.2) is 9.97 Å². The van der Waals surface area contributed by atoms with Crippen LogP contribution in [0, 0.1) is 0 Å². The summed E-state index contributed by atoms with van der Waals surface area (Å²) in [6, 6.07) is 59.1. The highest BCUT2D eigenvalue weighted by Crippen LogP contribution is 2.49. The molecule has 0 radical (unpaired) electrons. The highest BCUT2D eigenvalue weighted by Gasteiger charge is 2.23. The molecule has 0 N–H and O–H groups in total. The molecule has 0 unspecified atom stereocenters. The van der Waals surface area contributed by atoms with Gasteiger partial charge in [0, 0.05) is 53.1 Å². The molecule has 12 rings (SSSR count). The Labute approximate surface area is 311 Å². The van der Waals surface area contributed by atoms with Gasteiger partial charge in [-0.15, -0.1) is 22.7 Å². The molecule has 0 spiro atoms. The number of nitrogens with zero attached hydrogens (tertiary/aromatic N) is 3. The van der Waals surface area contributed by atoms with Crippen molar-refractivity contribution in [2.45, 2.75) is 0 Å². The summed E-state index contributed by atoms with van der Waals surface area (Å²) in [4.78, 5) is 11.7. The number of para-hydroxylation sites is 1. The van der Waals surface area contributed by atoms with Crippen LogP contribution in [0.5, 0.6) is 0 Å². The maximum atomic E-state index is 5.45. The maximum absolute atomic E-state index is 5.45. The molecule has 4 aromatic heterocycles. The summed E-state index contributed by atoms with van der Waals surface area (Å²) in [5, 5.41) is 11.5. The van der Waals surface area contributed by atoms with Crippen molar-refractivity contribution in [3.63, 3.8) is 0 Å². The Balaban J connectivity index is 1.21. The van der Waals surface area contributed by atoms with Crippen molar-refractivity contribution in [2.24, 2.45) is 0 Å². The molecule has 0 amide bonds. The minimum Gasteiger partial charge on any atom is -0.308 e. The van der Waals surface area contributed by atoms with E-state index in [1.807, 2.05) is 11.3 Å². The van der Waals surface area contributed by atoms with Crippen LogP contribution in [0.15, 0.2) is 164 Å². The molecule has 0 aliphatic rings. The van der Waals surface area contributed by atoms with Gasteiger partial charge in [0.2, 0.25) is 0 Å². The van der Waals surface area contributed by atoms with Gasteiger partial charge in [-0.2, -0.15) is 0 Å². The largest absolute Gasteiger partial charge is 0.308 e. The van der Waals surface area contributed by atoms with Crippen molar-refractivity contribution < 1.29 is 0 Å². The fourth-order valence-electron chi connectivity index (χ4n) is 8.52. The second kappa shape index (κ2) is 11.1. The third-order valence-corrected chi connectivity index (χ3v) is 13.0. The minimum atomic E-state index is 0.888. The molecule has 12 aromatic rings. The van der Waals surface area contributed by atoms with Crippen molar-refractivity contribution in [1.82, 2.24) is 14.5 Å². The van der Waals surface area contributed by atoms with E-state index in [1.54, 1.807) is 11.3 Å². The van der Waals surface area contributed by atoms with Crippen LogP contribution in [0.2, 0.25) is 0 Å². The Kier molecular flexibility index (Phi) is 6.09. The van der Waals surface area contributed by atoms with Gasteiger partial charge in [-0.05, 0) is 51.9 Å². The third-order valence-electron chi connectivity index (χ3n) is 10.8. The van der Waals surface area contributed by atoms with Crippen molar-refractivity contribution in [1.29, 1.82) is 0 Å². The van der Waals surface area contributed by atoms with Crippen LogP contribution in [0.25, 0.3) is 112 Å². The number of rotatable bonds is 3. The van der Waals surface area contributed by atoms with E-state index in [0.29, 0.717) is 0 Å². The number of hydrogen-bond donors (Lipinski definition) is 0. The average molecular weight is 710 g/mol. The first kappa shape index (κ1) is 29.2. The molecule has 53 heavy (non-hydrogen) atoms. The normalized spacial score (nSPS) is 12.2. The Bertz CT molecular complexity index is 3460. The van der Waals surface area contributed by atoms with Gasteiger partial charge in [0.25, 0.3) is 0 Å². The zero-order valence-electron chi connectivity index (χ0n) is 28.2. The monoisotopic (exact) mass is 709 g/mol. The molecule has 4 heterocycles. The van der Waals surface area contributed by atoms with Crippen LogP contribution < -0.4 is 0 Å². The molecule has 246 valence electrons. The van der Waals surface area contributed by atoms with Gasteiger partial charge in [0.1, 0.15) is 10.3 Å². The topological polar surface area (TPSA) is 30.7 Å². The molecule has 5 heteroatoms. The summed E-state index contributed by atoms with van der Waals surface area (Å²) in [6.45, 7) is 0. The lowest BCUT2D eigenvalue weighted by molar-refractivity contribution is 1.19. The SMILES string of the molecule is c1ccc(-c2nc3sc4ccccc4c3nc2-c2cccc(-n3c4ccccc4c4c5ccccc5c5c(sc6ccc7ccccc7c65)c43)c2)cc1. The highest BCUT2D eigenvalue weighted by atomic mass is 32.1. The summed E-state index contributed by atoms with van der Waals surface area (Å²) in [6.07, 6.45) is 0. The molecular formula is C48H27N3S2. The van der Waals surface area contributed by atoms with Crippen LogP contribution in [0.1, 0.15) is 0 Å². The van der Waals surface area contributed by atoms with Crippen LogP contribution in [0.3, 0.4) is 0 Å². The van der Waals surface area contributed by atoms with Crippen LogP contribution in [-0.2, 0) is 0 Å².